The normalized spacial score (nSPS) is 13.5. The van der Waals surface area contributed by atoms with E-state index in [-0.39, 0.29) is 0 Å². The lowest BCUT2D eigenvalue weighted by Gasteiger charge is -2.13. The molecule has 0 bridgehead atoms. The van der Waals surface area contributed by atoms with Crippen LogP contribution in [0.2, 0.25) is 0 Å². The fourth-order valence-electron chi connectivity index (χ4n) is 26.2. The van der Waals surface area contributed by atoms with Crippen LogP contribution >= 0.6 is 0 Å². The molecule has 36 rings (SSSR count). The first-order valence-corrected chi connectivity index (χ1v) is 48.8. The molecule has 8 aliphatic rings. The molecular formula is C128H76N12. The first-order valence-electron chi connectivity index (χ1n) is 48.8. The molecule has 0 spiro atoms. The molecule has 0 fully saturated rings. The number of rotatable bonds is 0. The minimum absolute atomic E-state index is 0.964. The van der Waals surface area contributed by atoms with E-state index in [2.05, 4.69) is 333 Å². The maximum Gasteiger partial charge on any atom is 0.146 e. The molecule has 0 unspecified atom stereocenters. The third-order valence-corrected chi connectivity index (χ3v) is 32.2. The van der Waals surface area contributed by atoms with Crippen molar-refractivity contribution in [2.45, 2.75) is 51.4 Å². The second kappa shape index (κ2) is 27.9. The Balaban J connectivity index is 0.0000000829. The summed E-state index contributed by atoms with van der Waals surface area (Å²) >= 11 is 0. The molecule has 0 atom stereocenters. The molecule has 0 aliphatic heterocycles. The Morgan fingerprint density at radius 1 is 0.157 bits per heavy atom. The van der Waals surface area contributed by atoms with Gasteiger partial charge in [0.2, 0.25) is 0 Å². The highest BCUT2D eigenvalue weighted by Gasteiger charge is 2.36. The van der Waals surface area contributed by atoms with Crippen molar-refractivity contribution >= 4 is 154 Å². The lowest BCUT2D eigenvalue weighted by molar-refractivity contribution is 1.16. The van der Waals surface area contributed by atoms with Crippen LogP contribution in [0.25, 0.3) is 243 Å². The van der Waals surface area contributed by atoms with Gasteiger partial charge in [-0.2, -0.15) is 0 Å². The number of hydrogen-bond donors (Lipinski definition) is 0. The Morgan fingerprint density at radius 2 is 0.421 bits per heavy atom. The van der Waals surface area contributed by atoms with Crippen LogP contribution in [-0.2, 0) is 51.4 Å². The number of aromatic nitrogens is 12. The average molecular weight is 1780 g/mol. The number of pyridine rings is 8. The van der Waals surface area contributed by atoms with E-state index in [1.54, 1.807) is 0 Å². The van der Waals surface area contributed by atoms with Crippen LogP contribution in [-0.4, -0.2) is 57.5 Å². The zero-order chi connectivity index (χ0) is 90.7. The second-order valence-corrected chi connectivity index (χ2v) is 39.3. The third-order valence-electron chi connectivity index (χ3n) is 32.2. The maximum atomic E-state index is 5.12. The van der Waals surface area contributed by atoms with Crippen molar-refractivity contribution in [1.29, 1.82) is 0 Å². The minimum Gasteiger partial charge on any atom is -0.290 e. The van der Waals surface area contributed by atoms with E-state index in [4.69, 9.17) is 39.9 Å². The van der Waals surface area contributed by atoms with Crippen molar-refractivity contribution in [1.82, 2.24) is 57.5 Å². The summed E-state index contributed by atoms with van der Waals surface area (Å²) in [6.07, 6.45) is 15.6. The van der Waals surface area contributed by atoms with E-state index in [0.717, 1.165) is 162 Å². The van der Waals surface area contributed by atoms with Gasteiger partial charge in [-0.3, -0.25) is 37.5 Å². The zero-order valence-electron chi connectivity index (χ0n) is 75.7. The van der Waals surface area contributed by atoms with Crippen LogP contribution in [0.4, 0.5) is 0 Å². The van der Waals surface area contributed by atoms with Crippen molar-refractivity contribution in [3.63, 3.8) is 0 Å². The monoisotopic (exact) mass is 1780 g/mol. The molecule has 648 valence electrons. The predicted octanol–water partition coefficient (Wildman–Crippen LogP) is 29.3. The smallest absolute Gasteiger partial charge is 0.146 e. The van der Waals surface area contributed by atoms with E-state index in [9.17, 15) is 0 Å². The molecule has 140 heavy (non-hydrogen) atoms. The van der Waals surface area contributed by atoms with Crippen molar-refractivity contribution < 1.29 is 0 Å². The lowest BCUT2D eigenvalue weighted by atomic mass is 9.93. The molecule has 0 saturated heterocycles. The molecule has 16 aromatic carbocycles. The van der Waals surface area contributed by atoms with Gasteiger partial charge in [-0.1, -0.05) is 188 Å². The molecule has 0 saturated carbocycles. The van der Waals surface area contributed by atoms with Gasteiger partial charge < -0.3 is 0 Å². The van der Waals surface area contributed by atoms with Crippen molar-refractivity contribution in [3.8, 4) is 89.0 Å². The van der Waals surface area contributed by atoms with Crippen LogP contribution in [0, 0.1) is 0 Å². The molecule has 0 amide bonds. The quantitative estimate of drug-likeness (QED) is 0.138. The van der Waals surface area contributed by atoms with E-state index < -0.39 is 0 Å². The fraction of sp³-hybridized carbons (Fsp3) is 0.0625. The van der Waals surface area contributed by atoms with E-state index >= 15 is 0 Å². The van der Waals surface area contributed by atoms with Crippen LogP contribution in [0.1, 0.15) is 89.0 Å². The summed E-state index contributed by atoms with van der Waals surface area (Å²) < 4.78 is 9.13. The van der Waals surface area contributed by atoms with Crippen molar-refractivity contribution in [2.75, 3.05) is 0 Å². The number of para-hydroxylation sites is 8. The van der Waals surface area contributed by atoms with Gasteiger partial charge in [-0.25, -0.2) is 19.9 Å². The summed E-state index contributed by atoms with van der Waals surface area (Å²) in [4.78, 5) is 39.8. The highest BCUT2D eigenvalue weighted by atomic mass is 15.1. The molecule has 12 heteroatoms. The topological polar surface area (TPSA) is 121 Å². The van der Waals surface area contributed by atoms with Crippen LogP contribution in [0.3, 0.4) is 0 Å². The van der Waals surface area contributed by atoms with E-state index in [1.165, 1.54) is 221 Å². The largest absolute Gasteiger partial charge is 0.290 e. The zero-order valence-corrected chi connectivity index (χ0v) is 75.7. The maximum absolute atomic E-state index is 5.12. The van der Waals surface area contributed by atoms with Crippen molar-refractivity contribution in [3.05, 3.63) is 454 Å². The number of nitrogens with zero attached hydrogens (tertiary/aromatic N) is 12. The summed E-state index contributed by atoms with van der Waals surface area (Å²) in [6.45, 7) is 0. The van der Waals surface area contributed by atoms with Crippen molar-refractivity contribution in [2.24, 2.45) is 0 Å². The molecule has 12 nitrogen and oxygen atoms in total. The third kappa shape index (κ3) is 10.4. The Labute approximate surface area is 799 Å². The van der Waals surface area contributed by atoms with Gasteiger partial charge in [0.1, 0.15) is 22.6 Å². The summed E-state index contributed by atoms with van der Waals surface area (Å²) in [5, 5.41) is 9.43. The van der Waals surface area contributed by atoms with E-state index in [1.807, 2.05) is 49.1 Å². The van der Waals surface area contributed by atoms with E-state index in [0.29, 0.717) is 0 Å². The Morgan fingerprint density at radius 3 is 0.879 bits per heavy atom. The van der Waals surface area contributed by atoms with Crippen LogP contribution in [0.5, 0.6) is 0 Å². The standard InChI is InChI=1S/4C32H19N3/c1-2-7-21-18(6-1)15-24-22(21)12-11-19-14-20-16-25-26(17-23(20)30(19)24)32-34-27-8-3-4-9-28(27)35(32)29-10-5-13-33-31(25)29;1-2-7-20-18(6-1)14-24-21(20)11-12-22-23-17-27-26(16-19(23)15-25(22)24)31-30(10-5-13-33-31)35-29-9-4-3-8-28(29)34-32(27)35;1-2-7-22-18(6-1)14-19-11-12-20-15-21-16-24-25(17-23(21)30(20)29(19)22)32-34-26-8-3-4-9-27(26)35(32)28-10-5-13-33-31(24)28;1-2-7-22-18(6-1)12-19-13-20-14-21-15-26-27(17-25(21)24(20)16-23(19)22)32-34-28-8-3-4-9-29(28)35(32)30-10-5-11-33-31(26)30/h3*1-13,16-17H,14-15H2;1-11,13,15-17H,12,14H2. The molecule has 12 heterocycles. The highest BCUT2D eigenvalue weighted by molar-refractivity contribution is 6.20. The average Bonchev–Trinajstić information content (AvgIpc) is 1.56. The summed E-state index contributed by atoms with van der Waals surface area (Å²) in [6, 6.07) is 124. The Kier molecular flexibility index (Phi) is 15.0. The summed E-state index contributed by atoms with van der Waals surface area (Å²) in [5.74, 6) is 0. The Hall–Kier alpha value is -18.0. The van der Waals surface area contributed by atoms with Gasteiger partial charge in [0.05, 0.1) is 88.3 Å². The second-order valence-electron chi connectivity index (χ2n) is 39.3. The molecular weight excluding hydrogens is 1710 g/mol. The van der Waals surface area contributed by atoms with Crippen LogP contribution in [0.15, 0.2) is 365 Å². The van der Waals surface area contributed by atoms with Crippen LogP contribution < -0.4 is 0 Å². The highest BCUT2D eigenvalue weighted by Crippen LogP contribution is 2.56. The summed E-state index contributed by atoms with van der Waals surface area (Å²) in [7, 11) is 0. The van der Waals surface area contributed by atoms with Gasteiger partial charge in [-0.15, -0.1) is 0 Å². The number of imidazole rings is 4. The number of hydrogen-bond acceptors (Lipinski definition) is 8. The van der Waals surface area contributed by atoms with Gasteiger partial charge in [-0.05, 0) is 381 Å². The Bertz CT molecular complexity index is 10600. The molecule has 12 aromatic heterocycles. The minimum atomic E-state index is 0.964. The molecule has 28 aromatic rings. The van der Waals surface area contributed by atoms with Gasteiger partial charge in [0, 0.05) is 67.9 Å². The lowest BCUT2D eigenvalue weighted by Crippen LogP contribution is -1.94. The molecule has 0 N–H and O–H groups in total. The fourth-order valence-corrected chi connectivity index (χ4v) is 26.2. The first kappa shape index (κ1) is 75.3. The molecule has 0 radical (unpaired) electrons. The molecule has 8 aliphatic carbocycles. The van der Waals surface area contributed by atoms with Gasteiger partial charge >= 0.3 is 0 Å². The summed E-state index contributed by atoms with van der Waals surface area (Å²) in [5.41, 5.74) is 66.3. The number of benzene rings is 16. The van der Waals surface area contributed by atoms with Gasteiger partial charge in [0.15, 0.2) is 0 Å². The SMILES string of the molecule is c1ccc2c(c1)Cc1c-2ccc2c1-c1cc3c(cc1C2)c1ncccc1n1c2ccccc2nc31.c1ccc2c(c1)Cc1c-2ccc2c1Cc1cc3c(cc1-2)c1nc2ccccc2n1c1cccnc31.c1ccc2c(c1)Cc1cc3c(cc1-2)-c1cc2c(cc1C3)c1ncccc1n1c3ccccc3nc21.c1ccc2c(c1)Cc1ccc3c(c1-2)-c1cc2c(cc1C3)c1ncccc1n1c3ccccc3nc21. The predicted molar refractivity (Wildman–Crippen MR) is 568 cm³/mol. The first-order chi connectivity index (χ1) is 69.4. The number of fused-ring (bicyclic) bond motifs is 59. The van der Waals surface area contributed by atoms with Gasteiger partial charge in [0.25, 0.3) is 0 Å².